The van der Waals surface area contributed by atoms with E-state index in [0.29, 0.717) is 38.5 Å². The van der Waals surface area contributed by atoms with Gasteiger partial charge in [0.05, 0.1) is 29.4 Å². The van der Waals surface area contributed by atoms with Crippen LogP contribution in [0.5, 0.6) is 5.75 Å². The second-order valence-corrected chi connectivity index (χ2v) is 9.40. The fourth-order valence-corrected chi connectivity index (χ4v) is 5.14. The Morgan fingerprint density at radius 1 is 1.24 bits per heavy atom. The van der Waals surface area contributed by atoms with Gasteiger partial charge in [0.15, 0.2) is 5.13 Å². The van der Waals surface area contributed by atoms with Crippen LogP contribution in [0.15, 0.2) is 58.9 Å². The maximum absolute atomic E-state index is 10.8. The number of thiazole rings is 1. The zero-order valence-corrected chi connectivity index (χ0v) is 21.3. The highest BCUT2D eigenvalue weighted by atomic mass is 32.2. The molecule has 38 heavy (non-hydrogen) atoms. The van der Waals surface area contributed by atoms with Crippen LogP contribution in [0, 0.1) is 28.0 Å². The third kappa shape index (κ3) is 5.99. The van der Waals surface area contributed by atoms with Crippen molar-refractivity contribution in [3.63, 3.8) is 0 Å². The number of aromatic nitrogens is 2. The van der Waals surface area contributed by atoms with Crippen LogP contribution in [0.2, 0.25) is 0 Å². The number of pyridine rings is 1. The van der Waals surface area contributed by atoms with E-state index in [4.69, 9.17) is 22.1 Å². The molecule has 0 atom stereocenters. The number of nitrogens with two attached hydrogens (primary N) is 1. The van der Waals surface area contributed by atoms with Gasteiger partial charge in [0.2, 0.25) is 5.69 Å². The molecule has 0 bridgehead atoms. The summed E-state index contributed by atoms with van der Waals surface area (Å²) in [6.07, 6.45) is 0. The number of aliphatic hydroxyl groups is 1. The number of non-ortho nitro benzene ring substituents is 1. The molecular weight excluding hydrogens is 526 g/mol. The third-order valence-corrected chi connectivity index (χ3v) is 6.95. The van der Waals surface area contributed by atoms with Crippen molar-refractivity contribution < 1.29 is 14.8 Å². The zero-order valence-electron chi connectivity index (χ0n) is 19.6. The number of nitrogens with one attached hydrogen (secondary N) is 1. The summed E-state index contributed by atoms with van der Waals surface area (Å²) in [5, 5.41) is 35.7. The molecule has 4 aromatic rings. The molecule has 0 aliphatic carbocycles. The van der Waals surface area contributed by atoms with Gasteiger partial charge in [-0.1, -0.05) is 23.9 Å². The third-order valence-electron chi connectivity index (χ3n) is 5.13. The first kappa shape index (κ1) is 26.4. The number of aliphatic hydroxyl groups excluding tert-OH is 1. The summed E-state index contributed by atoms with van der Waals surface area (Å²) < 4.78 is 5.39. The van der Waals surface area contributed by atoms with Crippen molar-refractivity contribution in [2.24, 2.45) is 0 Å². The van der Waals surface area contributed by atoms with Crippen LogP contribution in [0.4, 0.5) is 28.0 Å². The molecule has 0 saturated carbocycles. The molecule has 0 amide bonds. The average Bonchev–Trinajstić information content (AvgIpc) is 3.38. The van der Waals surface area contributed by atoms with Crippen molar-refractivity contribution >= 4 is 51.1 Å². The number of thioether (sulfide) groups is 1. The highest BCUT2D eigenvalue weighted by molar-refractivity contribution is 7.98. The van der Waals surface area contributed by atoms with Crippen LogP contribution in [-0.2, 0) is 5.75 Å². The van der Waals surface area contributed by atoms with Crippen molar-refractivity contribution in [3.05, 3.63) is 86.7 Å². The molecule has 0 spiro atoms. The van der Waals surface area contributed by atoms with E-state index in [1.807, 2.05) is 5.38 Å². The largest absolute Gasteiger partial charge is 0.491 e. The molecule has 0 saturated heterocycles. The lowest BCUT2D eigenvalue weighted by Crippen LogP contribution is -2.02. The van der Waals surface area contributed by atoms with Crippen molar-refractivity contribution in [1.82, 2.24) is 9.97 Å². The molecule has 2 heterocycles. The Bertz CT molecular complexity index is 1540. The van der Waals surface area contributed by atoms with Crippen LogP contribution < -0.4 is 15.8 Å². The second kappa shape index (κ2) is 12.0. The molecule has 0 aliphatic rings. The summed E-state index contributed by atoms with van der Waals surface area (Å²) in [4.78, 5) is 22.8. The maximum Gasteiger partial charge on any atom is 0.269 e. The maximum atomic E-state index is 10.8. The number of nitro benzene ring substituents is 1. The first-order valence-electron chi connectivity index (χ1n) is 11.0. The van der Waals surface area contributed by atoms with E-state index in [-0.39, 0.29) is 36.0 Å². The minimum absolute atomic E-state index is 0.00132. The van der Waals surface area contributed by atoms with E-state index in [1.165, 1.54) is 35.2 Å². The molecule has 4 N–H and O–H groups in total. The van der Waals surface area contributed by atoms with Gasteiger partial charge in [0.1, 0.15) is 29.3 Å². The van der Waals surface area contributed by atoms with E-state index in [0.717, 1.165) is 5.69 Å². The van der Waals surface area contributed by atoms with Crippen LogP contribution in [0.3, 0.4) is 0 Å². The van der Waals surface area contributed by atoms with Crippen molar-refractivity contribution in [2.75, 3.05) is 24.3 Å². The van der Waals surface area contributed by atoms with Crippen LogP contribution in [-0.4, -0.2) is 33.2 Å². The van der Waals surface area contributed by atoms with Gasteiger partial charge in [-0.05, 0) is 29.8 Å². The fourth-order valence-electron chi connectivity index (χ4n) is 3.42. The van der Waals surface area contributed by atoms with Gasteiger partial charge in [-0.15, -0.1) is 11.3 Å². The smallest absolute Gasteiger partial charge is 0.269 e. The number of rotatable bonds is 10. The van der Waals surface area contributed by atoms with E-state index in [2.05, 4.69) is 26.2 Å². The van der Waals surface area contributed by atoms with Crippen LogP contribution >= 0.6 is 23.1 Å². The Morgan fingerprint density at radius 2 is 1.97 bits per heavy atom. The lowest BCUT2D eigenvalue weighted by atomic mass is 10.00. The minimum Gasteiger partial charge on any atom is -0.491 e. The summed E-state index contributed by atoms with van der Waals surface area (Å²) in [5.41, 5.74) is 8.85. The lowest BCUT2D eigenvalue weighted by Gasteiger charge is -2.13. The first-order valence-corrected chi connectivity index (χ1v) is 12.8. The minimum atomic E-state index is -0.461. The van der Waals surface area contributed by atoms with Crippen molar-refractivity contribution in [3.8, 4) is 22.9 Å². The first-order chi connectivity index (χ1) is 18.4. The standard InChI is InChI=1S/C25H19N7O4S2/c1-28-22-21(15-2-8-19(9-3-15)36-11-10-33)20(12-26)24(31-23(22)27)37-13-17-14-38-25(30-17)29-16-4-6-18(7-5-16)32(34)35/h2-9,14,33H,10-11,13H2,(H2,27,31)(H,29,30). The SMILES string of the molecule is [C-]#[N+]c1c(N)nc(SCc2csc(Nc3ccc([N+](=O)[O-])cc3)n2)c(C#N)c1-c1ccc(OCCO)cc1. The molecule has 11 nitrogen and oxygen atoms in total. The number of nitrogen functional groups attached to an aromatic ring is 1. The molecule has 0 unspecified atom stereocenters. The van der Waals surface area contributed by atoms with Gasteiger partial charge in [0.25, 0.3) is 5.69 Å². The topological polar surface area (TPSA) is 165 Å². The number of nitriles is 1. The molecule has 0 fully saturated rings. The van der Waals surface area contributed by atoms with Gasteiger partial charge >= 0.3 is 0 Å². The number of hydrogen-bond donors (Lipinski definition) is 3. The Morgan fingerprint density at radius 3 is 2.61 bits per heavy atom. The Kier molecular flexibility index (Phi) is 8.35. The highest BCUT2D eigenvalue weighted by Gasteiger charge is 2.21. The summed E-state index contributed by atoms with van der Waals surface area (Å²) in [6.45, 7) is 7.64. The molecule has 190 valence electrons. The monoisotopic (exact) mass is 545 g/mol. The van der Waals surface area contributed by atoms with Gasteiger partial charge in [-0.25, -0.2) is 14.8 Å². The molecule has 13 heteroatoms. The highest BCUT2D eigenvalue weighted by Crippen LogP contribution is 2.42. The molecular formula is C25H19N7O4S2. The quantitative estimate of drug-likeness (QED) is 0.0999. The zero-order chi connectivity index (χ0) is 27.1. The van der Waals surface area contributed by atoms with Gasteiger partial charge < -0.3 is 20.9 Å². The van der Waals surface area contributed by atoms with Crippen LogP contribution in [0.1, 0.15) is 11.3 Å². The average molecular weight is 546 g/mol. The molecule has 0 radical (unpaired) electrons. The van der Waals surface area contributed by atoms with E-state index in [9.17, 15) is 15.4 Å². The Labute approximate surface area is 225 Å². The summed E-state index contributed by atoms with van der Waals surface area (Å²) >= 11 is 2.65. The Hall–Kier alpha value is -4.69. The molecule has 2 aromatic carbocycles. The fraction of sp³-hybridized carbons (Fsp3) is 0.120. The number of nitro groups is 1. The van der Waals surface area contributed by atoms with E-state index in [1.54, 1.807) is 36.4 Å². The predicted molar refractivity (Wildman–Crippen MR) is 146 cm³/mol. The number of hydrogen-bond acceptors (Lipinski definition) is 11. The molecule has 4 rings (SSSR count). The summed E-state index contributed by atoms with van der Waals surface area (Å²) in [6, 6.07) is 15.0. The summed E-state index contributed by atoms with van der Waals surface area (Å²) in [5.74, 6) is 0.962. The predicted octanol–water partition coefficient (Wildman–Crippen LogP) is 5.52. The van der Waals surface area contributed by atoms with E-state index < -0.39 is 4.92 Å². The van der Waals surface area contributed by atoms with Crippen LogP contribution in [0.25, 0.3) is 16.0 Å². The normalized spacial score (nSPS) is 10.4. The van der Waals surface area contributed by atoms with Crippen molar-refractivity contribution in [2.45, 2.75) is 10.8 Å². The van der Waals surface area contributed by atoms with Gasteiger partial charge in [0, 0.05) is 34.5 Å². The van der Waals surface area contributed by atoms with E-state index >= 15 is 0 Å². The number of ether oxygens (including phenoxy) is 1. The Balaban J connectivity index is 1.54. The number of benzene rings is 2. The van der Waals surface area contributed by atoms with Gasteiger partial charge in [-0.3, -0.25) is 10.1 Å². The summed E-state index contributed by atoms with van der Waals surface area (Å²) in [7, 11) is 0. The lowest BCUT2D eigenvalue weighted by molar-refractivity contribution is -0.384. The molecule has 2 aromatic heterocycles. The molecule has 0 aliphatic heterocycles. The van der Waals surface area contributed by atoms with Gasteiger partial charge in [-0.2, -0.15) is 5.26 Å². The number of anilines is 3. The second-order valence-electron chi connectivity index (χ2n) is 7.58. The number of nitrogens with zero attached hydrogens (tertiary/aromatic N) is 5. The van der Waals surface area contributed by atoms with Crippen molar-refractivity contribution in [1.29, 1.82) is 5.26 Å².